The summed E-state index contributed by atoms with van der Waals surface area (Å²) in [6.07, 6.45) is 0. The molecule has 1 unspecified atom stereocenters. The average Bonchev–Trinajstić information content (AvgIpc) is 2.76. The molecule has 0 bridgehead atoms. The molecule has 0 aliphatic heterocycles. The summed E-state index contributed by atoms with van der Waals surface area (Å²) in [5, 5.41) is 12.1. The summed E-state index contributed by atoms with van der Waals surface area (Å²) in [7, 11) is -3.94. The third-order valence-corrected chi connectivity index (χ3v) is 7.10. The van der Waals surface area contributed by atoms with Gasteiger partial charge in [0.1, 0.15) is 10.9 Å². The number of rotatable bonds is 8. The van der Waals surface area contributed by atoms with Gasteiger partial charge in [0.25, 0.3) is 15.9 Å². The first kappa shape index (κ1) is 25.6. The van der Waals surface area contributed by atoms with Crippen molar-refractivity contribution in [3.8, 4) is 11.1 Å². The smallest absolute Gasteiger partial charge is 0.326 e. The molecular formula is C24H22Cl2N2O5S. The van der Waals surface area contributed by atoms with Crippen molar-refractivity contribution in [3.05, 3.63) is 82.3 Å². The van der Waals surface area contributed by atoms with Crippen molar-refractivity contribution in [1.82, 2.24) is 5.32 Å². The zero-order valence-corrected chi connectivity index (χ0v) is 20.6. The largest absolute Gasteiger partial charge is 0.480 e. The zero-order valence-electron chi connectivity index (χ0n) is 18.2. The predicted octanol–water partition coefficient (Wildman–Crippen LogP) is 5.30. The molecule has 0 heterocycles. The molecule has 0 radical (unpaired) electrons. The molecule has 0 aliphatic carbocycles. The van der Waals surface area contributed by atoms with Crippen molar-refractivity contribution >= 4 is 50.8 Å². The Bertz CT molecular complexity index is 1330. The molecule has 1 atom stereocenters. The Kier molecular flexibility index (Phi) is 7.86. The molecule has 3 aromatic rings. The lowest BCUT2D eigenvalue weighted by atomic mass is 10.0. The molecule has 0 aliphatic rings. The Morgan fingerprint density at radius 1 is 0.912 bits per heavy atom. The number of hydrogen-bond donors (Lipinski definition) is 3. The van der Waals surface area contributed by atoms with Crippen LogP contribution in [-0.4, -0.2) is 31.4 Å². The number of sulfonamides is 1. The summed E-state index contributed by atoms with van der Waals surface area (Å²) in [5.74, 6) is -1.86. The molecule has 34 heavy (non-hydrogen) atoms. The van der Waals surface area contributed by atoms with E-state index in [4.69, 9.17) is 23.2 Å². The molecule has 178 valence electrons. The third-order valence-electron chi connectivity index (χ3n) is 5.00. The first-order valence-corrected chi connectivity index (χ1v) is 12.4. The van der Waals surface area contributed by atoms with Gasteiger partial charge in [-0.05, 0) is 59.5 Å². The molecule has 3 aromatic carbocycles. The van der Waals surface area contributed by atoms with Crippen LogP contribution in [0, 0.1) is 5.92 Å². The van der Waals surface area contributed by atoms with Crippen LogP contribution in [0.2, 0.25) is 10.0 Å². The van der Waals surface area contributed by atoms with Gasteiger partial charge in [-0.15, -0.1) is 0 Å². The first-order valence-electron chi connectivity index (χ1n) is 10.2. The van der Waals surface area contributed by atoms with E-state index < -0.39 is 27.9 Å². The predicted molar refractivity (Wildman–Crippen MR) is 133 cm³/mol. The second-order valence-corrected chi connectivity index (χ2v) is 10.4. The monoisotopic (exact) mass is 520 g/mol. The number of carbonyl (C=O) groups excluding carboxylic acids is 1. The summed E-state index contributed by atoms with van der Waals surface area (Å²) in [4.78, 5) is 23.7. The van der Waals surface area contributed by atoms with Gasteiger partial charge in [-0.3, -0.25) is 9.52 Å². The maximum atomic E-state index is 12.8. The zero-order chi connectivity index (χ0) is 25.0. The second kappa shape index (κ2) is 10.5. The van der Waals surface area contributed by atoms with Crippen LogP contribution in [0.1, 0.15) is 24.2 Å². The van der Waals surface area contributed by atoms with Crippen LogP contribution in [0.25, 0.3) is 11.1 Å². The molecule has 0 aromatic heterocycles. The Morgan fingerprint density at radius 2 is 1.59 bits per heavy atom. The van der Waals surface area contributed by atoms with Crippen LogP contribution < -0.4 is 10.0 Å². The highest BCUT2D eigenvalue weighted by Gasteiger charge is 2.24. The van der Waals surface area contributed by atoms with Crippen molar-refractivity contribution in [2.75, 3.05) is 4.72 Å². The molecule has 0 fully saturated rings. The van der Waals surface area contributed by atoms with Gasteiger partial charge in [0.05, 0.1) is 5.02 Å². The van der Waals surface area contributed by atoms with E-state index in [-0.39, 0.29) is 15.8 Å². The number of carboxylic acid groups (broad SMARTS) is 1. The highest BCUT2D eigenvalue weighted by Crippen LogP contribution is 2.28. The van der Waals surface area contributed by atoms with E-state index >= 15 is 0 Å². The minimum absolute atomic E-state index is 0.00706. The van der Waals surface area contributed by atoms with Crippen LogP contribution in [-0.2, 0) is 14.8 Å². The van der Waals surface area contributed by atoms with Gasteiger partial charge in [-0.25, -0.2) is 13.2 Å². The first-order chi connectivity index (χ1) is 16.0. The van der Waals surface area contributed by atoms with E-state index in [1.807, 2.05) is 0 Å². The van der Waals surface area contributed by atoms with Gasteiger partial charge in [0.15, 0.2) is 0 Å². The summed E-state index contributed by atoms with van der Waals surface area (Å²) in [6, 6.07) is 16.4. The topological polar surface area (TPSA) is 113 Å². The highest BCUT2D eigenvalue weighted by molar-refractivity contribution is 7.92. The average molecular weight is 521 g/mol. The van der Waals surface area contributed by atoms with E-state index in [2.05, 4.69) is 10.0 Å². The third kappa shape index (κ3) is 6.08. The summed E-state index contributed by atoms with van der Waals surface area (Å²) < 4.78 is 28.0. The molecule has 3 rings (SSSR count). The fourth-order valence-electron chi connectivity index (χ4n) is 3.22. The van der Waals surface area contributed by atoms with Crippen molar-refractivity contribution in [2.24, 2.45) is 5.92 Å². The number of halogens is 2. The second-order valence-electron chi connectivity index (χ2n) is 7.87. The van der Waals surface area contributed by atoms with Crippen molar-refractivity contribution < 1.29 is 23.1 Å². The maximum Gasteiger partial charge on any atom is 0.326 e. The van der Waals surface area contributed by atoms with E-state index in [0.29, 0.717) is 21.8 Å². The van der Waals surface area contributed by atoms with Crippen LogP contribution in [0.5, 0.6) is 0 Å². The fourth-order valence-corrected chi connectivity index (χ4v) is 5.04. The number of nitrogens with one attached hydrogen (secondary N) is 2. The molecular weight excluding hydrogens is 499 g/mol. The summed E-state index contributed by atoms with van der Waals surface area (Å²) in [6.45, 7) is 3.43. The van der Waals surface area contributed by atoms with Gasteiger partial charge in [-0.1, -0.05) is 61.3 Å². The maximum absolute atomic E-state index is 12.8. The van der Waals surface area contributed by atoms with Gasteiger partial charge < -0.3 is 10.4 Å². The Morgan fingerprint density at radius 3 is 2.18 bits per heavy atom. The number of aliphatic carboxylic acids is 1. The molecule has 1 amide bonds. The lowest BCUT2D eigenvalue weighted by molar-refractivity contribution is -0.140. The Balaban J connectivity index is 1.79. The van der Waals surface area contributed by atoms with Gasteiger partial charge in [0.2, 0.25) is 0 Å². The number of hydrogen-bond acceptors (Lipinski definition) is 4. The summed E-state index contributed by atoms with van der Waals surface area (Å²) in [5.41, 5.74) is 2.08. The van der Waals surface area contributed by atoms with Crippen LogP contribution in [0.4, 0.5) is 5.69 Å². The molecule has 0 saturated carbocycles. The minimum Gasteiger partial charge on any atom is -0.480 e. The van der Waals surface area contributed by atoms with Gasteiger partial charge in [-0.2, -0.15) is 0 Å². The van der Waals surface area contributed by atoms with Gasteiger partial charge in [0, 0.05) is 16.3 Å². The summed E-state index contributed by atoms with van der Waals surface area (Å²) >= 11 is 11.9. The molecule has 7 nitrogen and oxygen atoms in total. The van der Waals surface area contributed by atoms with Crippen molar-refractivity contribution in [3.63, 3.8) is 0 Å². The highest BCUT2D eigenvalue weighted by atomic mass is 35.5. The SMILES string of the molecule is CC(C)C(NC(=O)c1ccc(-c2cccc(NS(=O)(=O)c3ccc(Cl)cc3Cl)c2)cc1)C(=O)O. The normalized spacial score (nSPS) is 12.3. The number of amides is 1. The quantitative estimate of drug-likeness (QED) is 0.373. The van der Waals surface area contributed by atoms with E-state index in [0.717, 1.165) is 5.56 Å². The minimum atomic E-state index is -3.94. The lowest BCUT2D eigenvalue weighted by Gasteiger charge is -2.18. The van der Waals surface area contributed by atoms with Crippen molar-refractivity contribution in [2.45, 2.75) is 24.8 Å². The van der Waals surface area contributed by atoms with Gasteiger partial charge >= 0.3 is 5.97 Å². The number of carboxylic acids is 1. The Labute approximate surface area is 207 Å². The number of benzene rings is 3. The standard InChI is InChI=1S/C24H22Cl2N2O5S/c1-14(2)22(24(30)31)27-23(29)16-8-6-15(7-9-16)17-4-3-5-19(12-17)28-34(32,33)21-11-10-18(25)13-20(21)26/h3-14,22,28H,1-2H3,(H,27,29)(H,30,31). The molecule has 3 N–H and O–H groups in total. The van der Waals surface area contributed by atoms with Crippen molar-refractivity contribution in [1.29, 1.82) is 0 Å². The van der Waals surface area contributed by atoms with E-state index in [1.165, 1.54) is 18.2 Å². The molecule has 10 heteroatoms. The van der Waals surface area contributed by atoms with Crippen LogP contribution in [0.3, 0.4) is 0 Å². The van der Waals surface area contributed by atoms with Crippen LogP contribution >= 0.6 is 23.2 Å². The Hall–Kier alpha value is -3.07. The number of anilines is 1. The van der Waals surface area contributed by atoms with E-state index in [9.17, 15) is 23.1 Å². The molecule has 0 saturated heterocycles. The lowest BCUT2D eigenvalue weighted by Crippen LogP contribution is -2.44. The van der Waals surface area contributed by atoms with E-state index in [1.54, 1.807) is 62.4 Å². The number of carbonyl (C=O) groups is 2. The molecule has 0 spiro atoms. The van der Waals surface area contributed by atoms with Crippen LogP contribution in [0.15, 0.2) is 71.6 Å². The fraction of sp³-hybridized carbons (Fsp3) is 0.167.